The van der Waals surface area contributed by atoms with Crippen LogP contribution in [0.3, 0.4) is 0 Å². The Kier molecular flexibility index (Phi) is 7.39. The van der Waals surface area contributed by atoms with Crippen LogP contribution in [0.15, 0.2) is 54.9 Å². The molecule has 1 amide bonds. The first-order valence-electron chi connectivity index (χ1n) is 10.6. The standard InChI is InChI=1S/C24H22F3N3O3S2/c1-14(16-4-2-3-5-17(16)24(25,26)27)33-20-11-21(35-22(20)23(28)32)30-13-29-18-7-6-15(10-19(18)30)12-34-9-8-31/h2-7,10-11,13-14,31H,8-9,12H2,1H3,(H2,28,32). The number of rotatable bonds is 9. The molecule has 0 spiro atoms. The van der Waals surface area contributed by atoms with Crippen LogP contribution in [0.25, 0.3) is 16.0 Å². The Balaban J connectivity index is 1.68. The SMILES string of the molecule is CC(Oc1cc(-n2cnc3ccc(CSCCO)cc32)sc1C(N)=O)c1ccccc1C(F)(F)F. The molecule has 0 aliphatic carbocycles. The summed E-state index contributed by atoms with van der Waals surface area (Å²) in [5.41, 5.74) is 7.31. The summed E-state index contributed by atoms with van der Waals surface area (Å²) in [6, 6.07) is 12.6. The molecule has 0 saturated carbocycles. The van der Waals surface area contributed by atoms with Crippen molar-refractivity contribution in [1.29, 1.82) is 0 Å². The predicted molar refractivity (Wildman–Crippen MR) is 131 cm³/mol. The number of nitrogens with zero attached hydrogens (tertiary/aromatic N) is 2. The molecule has 1 unspecified atom stereocenters. The Morgan fingerprint density at radius 2 is 2.03 bits per heavy atom. The number of thiophene rings is 1. The topological polar surface area (TPSA) is 90.4 Å². The number of imidazole rings is 1. The lowest BCUT2D eigenvalue weighted by Gasteiger charge is -2.19. The molecule has 0 aliphatic rings. The van der Waals surface area contributed by atoms with Crippen molar-refractivity contribution in [3.63, 3.8) is 0 Å². The summed E-state index contributed by atoms with van der Waals surface area (Å²) in [4.78, 5) is 16.6. The number of amides is 1. The van der Waals surface area contributed by atoms with Gasteiger partial charge in [0.05, 0.1) is 23.2 Å². The summed E-state index contributed by atoms with van der Waals surface area (Å²) < 4.78 is 48.1. The second-order valence-electron chi connectivity index (χ2n) is 7.70. The number of carbonyl (C=O) groups excluding carboxylic acids is 1. The highest BCUT2D eigenvalue weighted by molar-refractivity contribution is 7.98. The number of hydrogen-bond acceptors (Lipinski definition) is 6. The molecule has 0 aliphatic heterocycles. The first-order valence-corrected chi connectivity index (χ1v) is 12.6. The van der Waals surface area contributed by atoms with E-state index in [1.807, 2.05) is 18.2 Å². The Labute approximate surface area is 207 Å². The van der Waals surface area contributed by atoms with Crippen molar-refractivity contribution < 1.29 is 27.8 Å². The van der Waals surface area contributed by atoms with Crippen molar-refractivity contribution in [1.82, 2.24) is 9.55 Å². The molecule has 4 aromatic rings. The highest BCUT2D eigenvalue weighted by Gasteiger charge is 2.35. The minimum absolute atomic E-state index is 0.0405. The largest absolute Gasteiger partial charge is 0.484 e. The minimum Gasteiger partial charge on any atom is -0.484 e. The number of nitrogens with two attached hydrogens (primary N) is 1. The number of fused-ring (bicyclic) bond motifs is 1. The fraction of sp³-hybridized carbons (Fsp3) is 0.250. The Morgan fingerprint density at radius 3 is 2.74 bits per heavy atom. The molecular weight excluding hydrogens is 499 g/mol. The van der Waals surface area contributed by atoms with E-state index in [-0.39, 0.29) is 22.8 Å². The summed E-state index contributed by atoms with van der Waals surface area (Å²) in [5, 5.41) is 9.59. The van der Waals surface area contributed by atoms with E-state index in [2.05, 4.69) is 4.98 Å². The molecule has 11 heteroatoms. The number of primary amides is 1. The molecule has 2 aromatic heterocycles. The zero-order valence-corrected chi connectivity index (χ0v) is 20.2. The van der Waals surface area contributed by atoms with Gasteiger partial charge in [0.25, 0.3) is 5.91 Å². The van der Waals surface area contributed by atoms with Crippen LogP contribution in [0.2, 0.25) is 0 Å². The lowest BCUT2D eigenvalue weighted by atomic mass is 10.0. The van der Waals surface area contributed by atoms with Crippen LogP contribution in [-0.2, 0) is 11.9 Å². The fourth-order valence-corrected chi connectivity index (χ4v) is 5.29. The molecule has 1 atom stereocenters. The summed E-state index contributed by atoms with van der Waals surface area (Å²) in [6.45, 7) is 1.60. The molecule has 0 saturated heterocycles. The minimum atomic E-state index is -4.54. The molecule has 0 radical (unpaired) electrons. The molecule has 2 aromatic carbocycles. The van der Waals surface area contributed by atoms with Gasteiger partial charge in [-0.2, -0.15) is 24.9 Å². The van der Waals surface area contributed by atoms with Crippen molar-refractivity contribution in [3.8, 4) is 10.8 Å². The Hall–Kier alpha value is -3.02. The van der Waals surface area contributed by atoms with Crippen LogP contribution >= 0.6 is 23.1 Å². The highest BCUT2D eigenvalue weighted by Crippen LogP contribution is 2.39. The number of hydrogen-bond donors (Lipinski definition) is 2. The Morgan fingerprint density at radius 1 is 1.26 bits per heavy atom. The van der Waals surface area contributed by atoms with E-state index in [1.54, 1.807) is 28.7 Å². The molecule has 0 fully saturated rings. The van der Waals surface area contributed by atoms with Crippen LogP contribution in [0.4, 0.5) is 13.2 Å². The monoisotopic (exact) mass is 521 g/mol. The second-order valence-corrected chi connectivity index (χ2v) is 9.84. The summed E-state index contributed by atoms with van der Waals surface area (Å²) in [5.74, 6) is 0.709. The van der Waals surface area contributed by atoms with E-state index in [0.29, 0.717) is 16.5 Å². The summed E-state index contributed by atoms with van der Waals surface area (Å²) in [7, 11) is 0. The molecule has 184 valence electrons. The van der Waals surface area contributed by atoms with Crippen LogP contribution in [-0.4, -0.2) is 32.9 Å². The van der Waals surface area contributed by atoms with Crippen molar-refractivity contribution in [3.05, 3.63) is 76.4 Å². The average molecular weight is 522 g/mol. The molecule has 6 nitrogen and oxygen atoms in total. The smallest absolute Gasteiger partial charge is 0.416 e. The van der Waals surface area contributed by atoms with E-state index in [0.717, 1.165) is 34.0 Å². The maximum atomic E-state index is 13.5. The normalized spacial score (nSPS) is 12.7. The number of aliphatic hydroxyl groups excluding tert-OH is 1. The number of carbonyl (C=O) groups is 1. The number of aromatic nitrogens is 2. The zero-order chi connectivity index (χ0) is 25.2. The van der Waals surface area contributed by atoms with E-state index >= 15 is 0 Å². The van der Waals surface area contributed by atoms with Gasteiger partial charge in [-0.25, -0.2) is 4.98 Å². The number of ether oxygens (including phenoxy) is 1. The molecule has 2 heterocycles. The van der Waals surface area contributed by atoms with E-state index in [4.69, 9.17) is 15.6 Å². The molecular formula is C24H22F3N3O3S2. The first kappa shape index (κ1) is 25.1. The maximum Gasteiger partial charge on any atom is 0.416 e. The zero-order valence-electron chi connectivity index (χ0n) is 18.6. The van der Waals surface area contributed by atoms with Gasteiger partial charge in [0.2, 0.25) is 0 Å². The second kappa shape index (κ2) is 10.3. The first-order chi connectivity index (χ1) is 16.7. The van der Waals surface area contributed by atoms with Gasteiger partial charge in [0, 0.05) is 23.1 Å². The van der Waals surface area contributed by atoms with E-state index in [9.17, 15) is 18.0 Å². The molecule has 3 N–H and O–H groups in total. The van der Waals surface area contributed by atoms with Crippen LogP contribution in [0.1, 0.15) is 39.4 Å². The summed E-state index contributed by atoms with van der Waals surface area (Å²) >= 11 is 2.68. The van der Waals surface area contributed by atoms with Crippen LogP contribution in [0.5, 0.6) is 5.75 Å². The van der Waals surface area contributed by atoms with Gasteiger partial charge in [-0.05, 0) is 30.7 Å². The van der Waals surface area contributed by atoms with Gasteiger partial charge in [-0.15, -0.1) is 11.3 Å². The van der Waals surface area contributed by atoms with Crippen molar-refractivity contribution in [2.45, 2.75) is 25.0 Å². The van der Waals surface area contributed by atoms with Gasteiger partial charge >= 0.3 is 6.18 Å². The van der Waals surface area contributed by atoms with Crippen molar-refractivity contribution in [2.24, 2.45) is 5.73 Å². The molecule has 4 rings (SSSR count). The quantitative estimate of drug-likeness (QED) is 0.281. The average Bonchev–Trinajstić information content (AvgIpc) is 3.42. The van der Waals surface area contributed by atoms with Crippen LogP contribution < -0.4 is 10.5 Å². The van der Waals surface area contributed by atoms with Gasteiger partial charge < -0.3 is 15.6 Å². The van der Waals surface area contributed by atoms with E-state index in [1.165, 1.54) is 25.1 Å². The Bertz CT molecular complexity index is 1350. The fourth-order valence-electron chi connectivity index (χ4n) is 3.68. The van der Waals surface area contributed by atoms with Crippen molar-refractivity contribution in [2.75, 3.05) is 12.4 Å². The van der Waals surface area contributed by atoms with Crippen molar-refractivity contribution >= 4 is 40.0 Å². The highest BCUT2D eigenvalue weighted by atomic mass is 32.2. The number of alkyl halides is 3. The van der Waals surface area contributed by atoms with Gasteiger partial charge in [0.15, 0.2) is 0 Å². The maximum absolute atomic E-state index is 13.5. The molecule has 0 bridgehead atoms. The van der Waals surface area contributed by atoms with Gasteiger partial charge in [-0.3, -0.25) is 9.36 Å². The number of thioether (sulfide) groups is 1. The van der Waals surface area contributed by atoms with E-state index < -0.39 is 23.8 Å². The van der Waals surface area contributed by atoms with Crippen LogP contribution in [0, 0.1) is 0 Å². The number of halogens is 3. The third-order valence-corrected chi connectivity index (χ3v) is 7.41. The predicted octanol–water partition coefficient (Wildman–Crippen LogP) is 5.57. The van der Waals surface area contributed by atoms with Gasteiger partial charge in [-0.1, -0.05) is 24.3 Å². The lowest BCUT2D eigenvalue weighted by molar-refractivity contribution is -0.138. The molecule has 35 heavy (non-hydrogen) atoms. The van der Waals surface area contributed by atoms with Gasteiger partial charge in [0.1, 0.15) is 28.1 Å². The number of benzene rings is 2. The summed E-state index contributed by atoms with van der Waals surface area (Å²) in [6.07, 6.45) is -3.91. The third-order valence-electron chi connectivity index (χ3n) is 5.27. The number of aliphatic hydroxyl groups is 1. The third kappa shape index (κ3) is 5.47. The lowest BCUT2D eigenvalue weighted by Crippen LogP contribution is -2.15.